The average molecular weight is 506 g/mol. The highest BCUT2D eigenvalue weighted by Crippen LogP contribution is 2.36. The first-order chi connectivity index (χ1) is 17.0. The van der Waals surface area contributed by atoms with Crippen molar-refractivity contribution in [2.24, 2.45) is 0 Å². The van der Waals surface area contributed by atoms with E-state index in [1.165, 1.54) is 18.3 Å². The molecule has 173 valence electrons. The van der Waals surface area contributed by atoms with Gasteiger partial charge in [-0.2, -0.15) is 0 Å². The fraction of sp³-hybridized carbons (Fsp3) is 0.0435. The lowest BCUT2D eigenvalue weighted by molar-refractivity contribution is -0.385. The van der Waals surface area contributed by atoms with E-state index in [4.69, 9.17) is 28.2 Å². The molecule has 0 bridgehead atoms. The fourth-order valence-corrected chi connectivity index (χ4v) is 3.94. The Morgan fingerprint density at radius 3 is 2.69 bits per heavy atom. The van der Waals surface area contributed by atoms with E-state index in [2.05, 4.69) is 30.7 Å². The first-order valence-corrected chi connectivity index (χ1v) is 11.0. The molecule has 2 aromatic carbocycles. The first-order valence-electron chi connectivity index (χ1n) is 10.3. The number of H-pyrrole nitrogens is 1. The summed E-state index contributed by atoms with van der Waals surface area (Å²) in [5, 5.41) is 25.6. The van der Waals surface area contributed by atoms with Gasteiger partial charge in [0.15, 0.2) is 0 Å². The van der Waals surface area contributed by atoms with Gasteiger partial charge in [-0.1, -0.05) is 34.5 Å². The summed E-state index contributed by atoms with van der Waals surface area (Å²) in [5.41, 5.74) is 4.40. The Balaban J connectivity index is 1.45. The van der Waals surface area contributed by atoms with E-state index >= 15 is 0 Å². The third-order valence-electron chi connectivity index (χ3n) is 5.16. The zero-order chi connectivity index (χ0) is 24.4. The maximum atomic E-state index is 10.8. The van der Waals surface area contributed by atoms with Crippen molar-refractivity contribution in [3.63, 3.8) is 0 Å². The summed E-state index contributed by atoms with van der Waals surface area (Å²) >= 11 is 12.6. The van der Waals surface area contributed by atoms with Crippen LogP contribution >= 0.6 is 23.2 Å². The number of halogens is 2. The lowest BCUT2D eigenvalue weighted by atomic mass is 10.00. The molecule has 35 heavy (non-hydrogen) atoms. The van der Waals surface area contributed by atoms with Crippen LogP contribution in [0.3, 0.4) is 0 Å². The largest absolute Gasteiger partial charge is 0.369 e. The van der Waals surface area contributed by atoms with Crippen LogP contribution in [0.5, 0.6) is 0 Å². The third kappa shape index (κ3) is 4.88. The molecule has 0 saturated carbocycles. The lowest BCUT2D eigenvalue weighted by Crippen LogP contribution is -2.08. The molecule has 0 aliphatic rings. The second-order valence-electron chi connectivity index (χ2n) is 7.40. The van der Waals surface area contributed by atoms with Crippen LogP contribution in [0.1, 0.15) is 5.82 Å². The minimum atomic E-state index is -0.498. The van der Waals surface area contributed by atoms with E-state index in [9.17, 15) is 10.1 Å². The molecule has 3 aromatic heterocycles. The molecule has 10 nitrogen and oxygen atoms in total. The summed E-state index contributed by atoms with van der Waals surface area (Å²) in [4.78, 5) is 23.6. The van der Waals surface area contributed by atoms with Crippen LogP contribution in [-0.4, -0.2) is 41.8 Å². The summed E-state index contributed by atoms with van der Waals surface area (Å²) in [6, 6.07) is 13.9. The van der Waals surface area contributed by atoms with Gasteiger partial charge < -0.3 is 5.32 Å². The number of aromatic amines is 1. The number of rotatable bonds is 7. The van der Waals surface area contributed by atoms with Crippen LogP contribution in [0.4, 0.5) is 11.5 Å². The molecule has 2 N–H and O–H groups in total. The maximum Gasteiger partial charge on any atom is 0.287 e. The van der Waals surface area contributed by atoms with Gasteiger partial charge in [0.1, 0.15) is 23.4 Å². The van der Waals surface area contributed by atoms with Crippen molar-refractivity contribution in [1.29, 1.82) is 0 Å². The van der Waals surface area contributed by atoms with Crippen molar-refractivity contribution < 1.29 is 4.92 Å². The lowest BCUT2D eigenvalue weighted by Gasteiger charge is -2.13. The third-order valence-corrected chi connectivity index (χ3v) is 5.70. The highest BCUT2D eigenvalue weighted by molar-refractivity contribution is 6.36. The van der Waals surface area contributed by atoms with Gasteiger partial charge in [0.2, 0.25) is 0 Å². The molecule has 0 amide bonds. The Morgan fingerprint density at radius 1 is 1.03 bits per heavy atom. The summed E-state index contributed by atoms with van der Waals surface area (Å²) in [5.74, 6) is 0.956. The standard InChI is InChI=1S/C23H15Cl2N8O2/c24-14-2-4-16(18(25)10-14)23-17(13-1-5-19-20(9-13)31-32-30-19)12-28-22(29-23)7-8-26-21-6-3-15(11-27-21)33(34)35/h1-7,9-12H,8H2,(H,26,27)(H,30,31,32). The monoisotopic (exact) mass is 505 g/mol. The van der Waals surface area contributed by atoms with E-state index < -0.39 is 4.92 Å². The molecule has 0 unspecified atom stereocenters. The number of aromatic nitrogens is 6. The number of fused-ring (bicyclic) bond motifs is 1. The van der Waals surface area contributed by atoms with Crippen LogP contribution in [0, 0.1) is 16.5 Å². The summed E-state index contributed by atoms with van der Waals surface area (Å²) < 4.78 is 0. The van der Waals surface area contributed by atoms with E-state index in [1.807, 2.05) is 24.3 Å². The molecule has 0 saturated heterocycles. The molecule has 0 aliphatic carbocycles. The van der Waals surface area contributed by atoms with E-state index in [-0.39, 0.29) is 5.69 Å². The van der Waals surface area contributed by atoms with Crippen LogP contribution in [0.15, 0.2) is 60.9 Å². The van der Waals surface area contributed by atoms with Gasteiger partial charge in [-0.05, 0) is 42.0 Å². The minimum Gasteiger partial charge on any atom is -0.369 e. The van der Waals surface area contributed by atoms with E-state index in [1.54, 1.807) is 24.8 Å². The number of benzene rings is 2. The molecule has 1 radical (unpaired) electrons. The maximum absolute atomic E-state index is 10.8. The van der Waals surface area contributed by atoms with Gasteiger partial charge >= 0.3 is 0 Å². The van der Waals surface area contributed by atoms with Crippen molar-refractivity contribution in [2.45, 2.75) is 0 Å². The highest BCUT2D eigenvalue weighted by atomic mass is 35.5. The zero-order valence-corrected chi connectivity index (χ0v) is 19.3. The van der Waals surface area contributed by atoms with Gasteiger partial charge in [-0.25, -0.2) is 15.0 Å². The topological polar surface area (TPSA) is 135 Å². The second-order valence-corrected chi connectivity index (χ2v) is 8.25. The molecule has 0 fully saturated rings. The smallest absolute Gasteiger partial charge is 0.287 e. The van der Waals surface area contributed by atoms with E-state index in [0.29, 0.717) is 45.0 Å². The van der Waals surface area contributed by atoms with Crippen LogP contribution in [0.2, 0.25) is 10.0 Å². The Labute approximate surface area is 208 Å². The quantitative estimate of drug-likeness (QED) is 0.223. The van der Waals surface area contributed by atoms with Gasteiger partial charge in [-0.15, -0.1) is 5.10 Å². The second kappa shape index (κ2) is 9.61. The molecule has 12 heteroatoms. The summed E-state index contributed by atoms with van der Waals surface area (Å²) in [7, 11) is 0. The first kappa shape index (κ1) is 22.6. The molecular formula is C23H15Cl2N8O2. The molecular weight excluding hydrogens is 491 g/mol. The number of nitrogens with zero attached hydrogens (tertiary/aromatic N) is 6. The number of anilines is 1. The van der Waals surface area contributed by atoms with E-state index in [0.717, 1.165) is 16.6 Å². The number of nitro groups is 1. The Morgan fingerprint density at radius 2 is 1.91 bits per heavy atom. The van der Waals surface area contributed by atoms with Gasteiger partial charge in [-0.3, -0.25) is 15.2 Å². The van der Waals surface area contributed by atoms with Crippen LogP contribution < -0.4 is 5.32 Å². The Kier molecular flexibility index (Phi) is 6.21. The molecule has 0 spiro atoms. The molecule has 0 atom stereocenters. The summed E-state index contributed by atoms with van der Waals surface area (Å²) in [6.45, 7) is 0.350. The molecule has 5 rings (SSSR count). The predicted molar refractivity (Wildman–Crippen MR) is 133 cm³/mol. The van der Waals surface area contributed by atoms with Crippen molar-refractivity contribution >= 4 is 45.7 Å². The fourth-order valence-electron chi connectivity index (χ4n) is 3.45. The van der Waals surface area contributed by atoms with Gasteiger partial charge in [0.05, 0.1) is 21.2 Å². The molecule has 5 aromatic rings. The number of nitrogens with one attached hydrogen (secondary N) is 2. The van der Waals surface area contributed by atoms with Crippen LogP contribution in [0.25, 0.3) is 33.4 Å². The van der Waals surface area contributed by atoms with Crippen molar-refractivity contribution in [1.82, 2.24) is 30.4 Å². The number of hydrogen-bond acceptors (Lipinski definition) is 8. The minimum absolute atomic E-state index is 0.0771. The van der Waals surface area contributed by atoms with Crippen molar-refractivity contribution in [2.75, 3.05) is 11.9 Å². The SMILES string of the molecule is O=[N+]([O-])c1ccc(NC[CH]c2ncc(-c3ccc4[nH]nnc4c3)c(-c3ccc(Cl)cc3Cl)n2)nc1. The number of hydrogen-bond donors (Lipinski definition) is 2. The zero-order valence-electron chi connectivity index (χ0n) is 17.8. The number of pyridine rings is 1. The molecule has 3 heterocycles. The van der Waals surface area contributed by atoms with Gasteiger partial charge in [0, 0.05) is 41.4 Å². The normalized spacial score (nSPS) is 11.0. The molecule has 0 aliphatic heterocycles. The summed E-state index contributed by atoms with van der Waals surface area (Å²) in [6.07, 6.45) is 4.70. The highest BCUT2D eigenvalue weighted by Gasteiger charge is 2.16. The predicted octanol–water partition coefficient (Wildman–Crippen LogP) is 5.36. The van der Waals surface area contributed by atoms with Crippen molar-refractivity contribution in [3.05, 3.63) is 93.3 Å². The average Bonchev–Trinajstić information content (AvgIpc) is 3.32. The van der Waals surface area contributed by atoms with Crippen LogP contribution in [-0.2, 0) is 0 Å². The Hall–Kier alpha value is -4.15. The van der Waals surface area contributed by atoms with Crippen molar-refractivity contribution in [3.8, 4) is 22.4 Å². The van der Waals surface area contributed by atoms with Gasteiger partial charge in [0.25, 0.3) is 5.69 Å². The Bertz CT molecular complexity index is 1540.